The van der Waals surface area contributed by atoms with Crippen molar-refractivity contribution in [3.05, 3.63) is 42.2 Å². The third kappa shape index (κ3) is 3.44. The molecule has 0 bridgehead atoms. The molecule has 0 saturated heterocycles. The van der Waals surface area contributed by atoms with Crippen molar-refractivity contribution in [2.45, 2.75) is 31.6 Å². The fourth-order valence-corrected chi connectivity index (χ4v) is 3.09. The average molecular weight is 336 g/mol. The second-order valence-electron chi connectivity index (χ2n) is 5.82. The lowest BCUT2D eigenvalue weighted by Crippen LogP contribution is -2.43. The van der Waals surface area contributed by atoms with Gasteiger partial charge in [0, 0.05) is 24.6 Å². The summed E-state index contributed by atoms with van der Waals surface area (Å²) in [5.41, 5.74) is 2.77. The second kappa shape index (κ2) is 6.16. The van der Waals surface area contributed by atoms with E-state index in [-0.39, 0.29) is 13.0 Å². The highest BCUT2D eigenvalue weighted by Gasteiger charge is 2.43. The minimum atomic E-state index is -3.73. The number of carbonyl (C=O) groups is 1. The zero-order chi connectivity index (χ0) is 17.3. The summed E-state index contributed by atoms with van der Waals surface area (Å²) in [6.45, 7) is 3.31. The van der Waals surface area contributed by atoms with Crippen molar-refractivity contribution in [1.82, 2.24) is 9.78 Å². The lowest BCUT2D eigenvalue weighted by Gasteiger charge is -2.22. The maximum atomic E-state index is 11.8. The number of nitrogens with zero attached hydrogens (tertiary/aromatic N) is 2. The van der Waals surface area contributed by atoms with Crippen molar-refractivity contribution in [3.63, 3.8) is 0 Å². The molecule has 1 unspecified atom stereocenters. The summed E-state index contributed by atoms with van der Waals surface area (Å²) in [5.74, 6) is -1.34. The van der Waals surface area contributed by atoms with Gasteiger partial charge in [0.25, 0.3) is 0 Å². The minimum Gasteiger partial charge on any atom is -0.480 e. The van der Waals surface area contributed by atoms with Gasteiger partial charge in [0.2, 0.25) is 0 Å². The molecule has 1 atom stereocenters. The van der Waals surface area contributed by atoms with Crippen LogP contribution in [0.3, 0.4) is 0 Å². The van der Waals surface area contributed by atoms with Crippen LogP contribution >= 0.6 is 0 Å². The first-order valence-electron chi connectivity index (χ1n) is 7.17. The van der Waals surface area contributed by atoms with Gasteiger partial charge in [-0.25, -0.2) is 8.42 Å². The van der Waals surface area contributed by atoms with Crippen LogP contribution in [0.5, 0.6) is 0 Å². The molecular formula is C16H20N2O4S. The normalized spacial score (nSPS) is 14.4. The van der Waals surface area contributed by atoms with Gasteiger partial charge in [-0.1, -0.05) is 30.3 Å². The Morgan fingerprint density at radius 2 is 1.91 bits per heavy atom. The Morgan fingerprint density at radius 3 is 2.43 bits per heavy atom. The first-order valence-corrected chi connectivity index (χ1v) is 9.07. The van der Waals surface area contributed by atoms with Crippen LogP contribution in [0.2, 0.25) is 0 Å². The maximum Gasteiger partial charge on any atom is 0.324 e. The molecule has 0 fully saturated rings. The van der Waals surface area contributed by atoms with Gasteiger partial charge in [0.05, 0.1) is 5.69 Å². The number of carboxylic acid groups (broad SMARTS) is 1. The number of aromatic nitrogens is 2. The van der Waals surface area contributed by atoms with E-state index in [0.29, 0.717) is 0 Å². The highest BCUT2D eigenvalue weighted by atomic mass is 32.2. The monoisotopic (exact) mass is 336 g/mol. The molecule has 1 aromatic heterocycles. The van der Waals surface area contributed by atoms with Crippen LogP contribution < -0.4 is 0 Å². The van der Waals surface area contributed by atoms with E-state index in [0.717, 1.165) is 23.1 Å². The van der Waals surface area contributed by atoms with E-state index in [1.165, 1.54) is 6.92 Å². The quantitative estimate of drug-likeness (QED) is 0.873. The van der Waals surface area contributed by atoms with Gasteiger partial charge >= 0.3 is 5.97 Å². The molecule has 124 valence electrons. The molecule has 0 amide bonds. The smallest absolute Gasteiger partial charge is 0.324 e. The lowest BCUT2D eigenvalue weighted by atomic mass is 10.1. The van der Waals surface area contributed by atoms with Gasteiger partial charge in [-0.05, 0) is 25.8 Å². The van der Waals surface area contributed by atoms with Gasteiger partial charge in [-0.2, -0.15) is 5.10 Å². The molecular weight excluding hydrogens is 316 g/mol. The summed E-state index contributed by atoms with van der Waals surface area (Å²) in [7, 11) is -3.73. The molecule has 0 aliphatic heterocycles. The third-order valence-electron chi connectivity index (χ3n) is 4.12. The second-order valence-corrected chi connectivity index (χ2v) is 8.26. The molecule has 0 spiro atoms. The van der Waals surface area contributed by atoms with E-state index in [9.17, 15) is 18.3 Å². The van der Waals surface area contributed by atoms with E-state index in [2.05, 4.69) is 5.10 Å². The zero-order valence-corrected chi connectivity index (χ0v) is 14.2. The average Bonchev–Trinajstić information content (AvgIpc) is 2.85. The number of benzene rings is 1. The molecule has 0 aliphatic carbocycles. The summed E-state index contributed by atoms with van der Waals surface area (Å²) >= 11 is 0. The minimum absolute atomic E-state index is 0.0451. The van der Waals surface area contributed by atoms with Gasteiger partial charge in [0.15, 0.2) is 14.6 Å². The molecule has 6 nitrogen and oxygen atoms in total. The van der Waals surface area contributed by atoms with Crippen molar-refractivity contribution < 1.29 is 18.3 Å². The number of aryl methyl sites for hydroxylation is 2. The number of carboxylic acids is 1. The molecule has 0 saturated carbocycles. The first kappa shape index (κ1) is 17.2. The third-order valence-corrected chi connectivity index (χ3v) is 6.14. The Kier molecular flexibility index (Phi) is 4.61. The van der Waals surface area contributed by atoms with Crippen molar-refractivity contribution in [3.8, 4) is 11.1 Å². The topological polar surface area (TPSA) is 89.3 Å². The Hall–Kier alpha value is -2.15. The summed E-state index contributed by atoms with van der Waals surface area (Å²) in [4.78, 5) is 11.4. The number of hydrogen-bond donors (Lipinski definition) is 1. The predicted octanol–water partition coefficient (Wildman–Crippen LogP) is 2.14. The standard InChI is InChI=1S/C16H20N2O4S/c1-12-14(13-7-5-4-6-8-13)11-18(17-12)10-9-16(2,15(19)20)23(3,21)22/h4-8,11H,9-10H2,1-3H3,(H,19,20). The number of sulfone groups is 1. The molecule has 23 heavy (non-hydrogen) atoms. The summed E-state index contributed by atoms with van der Waals surface area (Å²) < 4.78 is 23.4. The van der Waals surface area contributed by atoms with Crippen LogP contribution in [0.25, 0.3) is 11.1 Å². The van der Waals surface area contributed by atoms with Crippen molar-refractivity contribution in [2.75, 3.05) is 6.26 Å². The van der Waals surface area contributed by atoms with Crippen LogP contribution in [-0.4, -0.2) is 40.3 Å². The summed E-state index contributed by atoms with van der Waals surface area (Å²) in [6.07, 6.45) is 2.72. The Morgan fingerprint density at radius 1 is 1.30 bits per heavy atom. The van der Waals surface area contributed by atoms with Gasteiger partial charge in [-0.3, -0.25) is 9.48 Å². The maximum absolute atomic E-state index is 11.8. The van der Waals surface area contributed by atoms with Crippen molar-refractivity contribution >= 4 is 15.8 Å². The van der Waals surface area contributed by atoms with Gasteiger partial charge in [-0.15, -0.1) is 0 Å². The van der Waals surface area contributed by atoms with Gasteiger partial charge in [0.1, 0.15) is 0 Å². The van der Waals surface area contributed by atoms with Crippen molar-refractivity contribution in [1.29, 1.82) is 0 Å². The van der Waals surface area contributed by atoms with Crippen LogP contribution in [0.15, 0.2) is 36.5 Å². The molecule has 1 aromatic carbocycles. The molecule has 0 radical (unpaired) electrons. The highest BCUT2D eigenvalue weighted by molar-refractivity contribution is 7.92. The van der Waals surface area contributed by atoms with Crippen LogP contribution in [0.1, 0.15) is 19.0 Å². The van der Waals surface area contributed by atoms with Crippen LogP contribution in [-0.2, 0) is 21.2 Å². The fourth-order valence-electron chi connectivity index (χ4n) is 2.31. The molecule has 2 aromatic rings. The van der Waals surface area contributed by atoms with Crippen LogP contribution in [0, 0.1) is 6.92 Å². The van der Waals surface area contributed by atoms with E-state index in [4.69, 9.17) is 0 Å². The molecule has 1 heterocycles. The number of hydrogen-bond acceptors (Lipinski definition) is 4. The largest absolute Gasteiger partial charge is 0.480 e. The number of rotatable bonds is 6. The fraction of sp³-hybridized carbons (Fsp3) is 0.375. The SMILES string of the molecule is Cc1nn(CCC(C)(C(=O)O)S(C)(=O)=O)cc1-c1ccccc1. The number of aliphatic carboxylic acids is 1. The summed E-state index contributed by atoms with van der Waals surface area (Å²) in [6, 6.07) is 9.71. The highest BCUT2D eigenvalue weighted by Crippen LogP contribution is 2.25. The molecule has 7 heteroatoms. The van der Waals surface area contributed by atoms with Crippen molar-refractivity contribution in [2.24, 2.45) is 0 Å². The molecule has 0 aliphatic rings. The Balaban J connectivity index is 2.24. The van der Waals surface area contributed by atoms with E-state index in [1.54, 1.807) is 4.68 Å². The molecule has 1 N–H and O–H groups in total. The predicted molar refractivity (Wildman–Crippen MR) is 87.9 cm³/mol. The Labute approximate surface area is 135 Å². The van der Waals surface area contributed by atoms with Gasteiger partial charge < -0.3 is 5.11 Å². The van der Waals surface area contributed by atoms with E-state index >= 15 is 0 Å². The summed E-state index contributed by atoms with van der Waals surface area (Å²) in [5, 5.41) is 13.6. The van der Waals surface area contributed by atoms with Crippen LogP contribution in [0.4, 0.5) is 0 Å². The first-order chi connectivity index (χ1) is 10.6. The van der Waals surface area contributed by atoms with E-state index in [1.807, 2.05) is 43.5 Å². The zero-order valence-electron chi connectivity index (χ0n) is 13.4. The Bertz CT molecular complexity index is 812. The molecule has 2 rings (SSSR count). The lowest BCUT2D eigenvalue weighted by molar-refractivity contribution is -0.139. The van der Waals surface area contributed by atoms with E-state index < -0.39 is 20.6 Å².